The minimum atomic E-state index is -4.97. The average molecular weight is 465 g/mol. The van der Waals surface area contributed by atoms with Gasteiger partial charge in [0.05, 0.1) is 22.3 Å². The molecule has 0 unspecified atom stereocenters. The van der Waals surface area contributed by atoms with E-state index >= 15 is 0 Å². The van der Waals surface area contributed by atoms with E-state index in [4.69, 9.17) is 11.5 Å². The van der Waals surface area contributed by atoms with Crippen LogP contribution in [-0.4, -0.2) is 69.4 Å². The fourth-order valence-corrected chi connectivity index (χ4v) is 4.22. The van der Waals surface area contributed by atoms with Crippen molar-refractivity contribution in [3.8, 4) is 28.4 Å². The normalized spacial score (nSPS) is 12.7. The number of fused-ring (bicyclic) bond motifs is 2. The number of hydrogen-bond donors (Lipinski definition) is 6. The number of phenolic OH excluding ortho intramolecular Hbond substituents is 3. The first-order chi connectivity index (χ1) is 14.4. The number of aromatic hydroxyl groups is 3. The minimum absolute atomic E-state index is 0. The molecule has 159 valence electrons. The van der Waals surface area contributed by atoms with Crippen LogP contribution in [0, 0.1) is 0 Å². The van der Waals surface area contributed by atoms with Gasteiger partial charge < -0.3 is 26.8 Å². The van der Waals surface area contributed by atoms with Crippen molar-refractivity contribution in [1.29, 1.82) is 0 Å². The number of anilines is 2. The summed E-state index contributed by atoms with van der Waals surface area (Å²) in [7, 11) is -4.97. The molecular weight excluding hydrogens is 451 g/mol. The molecule has 3 aromatic carbocycles. The van der Waals surface area contributed by atoms with Crippen LogP contribution in [0.1, 0.15) is 31.8 Å². The summed E-state index contributed by atoms with van der Waals surface area (Å²) >= 11 is 0. The summed E-state index contributed by atoms with van der Waals surface area (Å²) < 4.78 is 32.4. The standard InChI is InChI=1S/C20H14N2O8S.Na/c21-10-5-9(7-1-3-8(23)4-2-7)17(24)15-13(10)20(27)16-14(19(15)26)11(22)6-12(18(16)25)31(28,29)30;/h1-6,23-25H,21-22H2,(H,28,29,30);. The molecule has 0 bridgehead atoms. The zero-order valence-electron chi connectivity index (χ0n) is 16.4. The maximum absolute atomic E-state index is 13.2. The zero-order valence-corrected chi connectivity index (χ0v) is 19.3. The molecule has 32 heavy (non-hydrogen) atoms. The smallest absolute Gasteiger partial charge is 0.298 e. The topological polar surface area (TPSA) is 201 Å². The Kier molecular flexibility index (Phi) is 5.74. The number of nitrogens with two attached hydrogens (primary N) is 2. The number of phenols is 3. The second-order valence-electron chi connectivity index (χ2n) is 6.85. The van der Waals surface area contributed by atoms with E-state index in [-0.39, 0.29) is 46.6 Å². The average Bonchev–Trinajstić information content (AvgIpc) is 2.68. The monoisotopic (exact) mass is 465 g/mol. The molecule has 8 N–H and O–H groups in total. The molecule has 12 heteroatoms. The molecule has 0 saturated carbocycles. The van der Waals surface area contributed by atoms with Crippen molar-refractivity contribution in [3.05, 3.63) is 58.7 Å². The van der Waals surface area contributed by atoms with Gasteiger partial charge in [0.1, 0.15) is 22.1 Å². The molecule has 1 radical (unpaired) electrons. The van der Waals surface area contributed by atoms with Crippen molar-refractivity contribution in [2.45, 2.75) is 4.90 Å². The molecule has 10 nitrogen and oxygen atoms in total. The van der Waals surface area contributed by atoms with Crippen molar-refractivity contribution in [1.82, 2.24) is 0 Å². The zero-order chi connectivity index (χ0) is 22.8. The van der Waals surface area contributed by atoms with E-state index in [1.165, 1.54) is 30.3 Å². The Labute approximate surface area is 203 Å². The first-order valence-electron chi connectivity index (χ1n) is 8.60. The molecule has 3 aromatic rings. The van der Waals surface area contributed by atoms with Crippen LogP contribution in [0.4, 0.5) is 11.4 Å². The van der Waals surface area contributed by atoms with E-state index in [2.05, 4.69) is 0 Å². The van der Waals surface area contributed by atoms with Gasteiger partial charge in [-0.3, -0.25) is 14.1 Å². The maximum atomic E-state index is 13.2. The van der Waals surface area contributed by atoms with Crippen LogP contribution in [0.5, 0.6) is 17.2 Å². The van der Waals surface area contributed by atoms with Gasteiger partial charge in [0.15, 0.2) is 0 Å². The Morgan fingerprint density at radius 1 is 0.719 bits per heavy atom. The minimum Gasteiger partial charge on any atom is -0.508 e. The molecule has 0 heterocycles. The van der Waals surface area contributed by atoms with Crippen LogP contribution >= 0.6 is 0 Å². The van der Waals surface area contributed by atoms with Gasteiger partial charge in [-0.15, -0.1) is 0 Å². The van der Waals surface area contributed by atoms with Gasteiger partial charge in [0.2, 0.25) is 11.6 Å². The molecule has 1 aliphatic carbocycles. The van der Waals surface area contributed by atoms with Crippen LogP contribution in [0.2, 0.25) is 0 Å². The van der Waals surface area contributed by atoms with E-state index < -0.39 is 66.0 Å². The van der Waals surface area contributed by atoms with Crippen molar-refractivity contribution in [3.63, 3.8) is 0 Å². The summed E-state index contributed by atoms with van der Waals surface area (Å²) in [6, 6.07) is 7.47. The first kappa shape index (κ1) is 23.6. The van der Waals surface area contributed by atoms with Gasteiger partial charge in [0, 0.05) is 46.5 Å². The quantitative estimate of drug-likeness (QED) is 0.108. The Balaban J connectivity index is 0.00000289. The van der Waals surface area contributed by atoms with Gasteiger partial charge in [-0.05, 0) is 29.8 Å². The molecule has 0 fully saturated rings. The van der Waals surface area contributed by atoms with Crippen molar-refractivity contribution in [2.75, 3.05) is 11.5 Å². The molecule has 0 amide bonds. The molecule has 0 saturated heterocycles. The number of nitrogen functional groups attached to an aromatic ring is 2. The molecule has 4 rings (SSSR count). The van der Waals surface area contributed by atoms with Gasteiger partial charge in [0.25, 0.3) is 10.1 Å². The third kappa shape index (κ3) is 3.40. The summed E-state index contributed by atoms with van der Waals surface area (Å²) in [5.74, 6) is -3.80. The van der Waals surface area contributed by atoms with Crippen molar-refractivity contribution >= 4 is 62.6 Å². The number of carbonyl (C=O) groups is 2. The van der Waals surface area contributed by atoms with Crippen LogP contribution in [-0.2, 0) is 10.1 Å². The van der Waals surface area contributed by atoms with Crippen molar-refractivity contribution < 1.29 is 37.9 Å². The second kappa shape index (κ2) is 7.80. The number of carbonyl (C=O) groups excluding carboxylic acids is 2. The number of hydrogen-bond acceptors (Lipinski definition) is 9. The fourth-order valence-electron chi connectivity index (χ4n) is 3.60. The maximum Gasteiger partial charge on any atom is 0.298 e. The predicted octanol–water partition coefficient (Wildman–Crippen LogP) is 1.28. The Bertz CT molecular complexity index is 1430. The molecule has 0 aliphatic heterocycles. The van der Waals surface area contributed by atoms with E-state index in [0.29, 0.717) is 11.6 Å². The van der Waals surface area contributed by atoms with E-state index in [1.54, 1.807) is 0 Å². The van der Waals surface area contributed by atoms with E-state index in [0.717, 1.165) is 0 Å². The Hall–Kier alpha value is -3.09. The Morgan fingerprint density at radius 3 is 1.69 bits per heavy atom. The number of ketones is 2. The molecular formula is C20H14N2NaO8S. The molecule has 0 spiro atoms. The summed E-state index contributed by atoms with van der Waals surface area (Å²) in [6.07, 6.45) is 0. The summed E-state index contributed by atoms with van der Waals surface area (Å²) in [5, 5.41) is 30.6. The second-order valence-corrected chi connectivity index (χ2v) is 8.24. The summed E-state index contributed by atoms with van der Waals surface area (Å²) in [4.78, 5) is 25.2. The molecule has 0 aromatic heterocycles. The van der Waals surface area contributed by atoms with Crippen LogP contribution in [0.25, 0.3) is 11.1 Å². The van der Waals surface area contributed by atoms with Gasteiger partial charge >= 0.3 is 0 Å². The SMILES string of the molecule is Nc1cc(-c2ccc(O)cc2)c(O)c2c1C(=O)c1c(O)c(S(=O)(=O)O)cc(N)c1C2=O.[Na]. The van der Waals surface area contributed by atoms with Gasteiger partial charge in [-0.2, -0.15) is 8.42 Å². The van der Waals surface area contributed by atoms with E-state index in [9.17, 15) is 37.9 Å². The number of benzene rings is 3. The fraction of sp³-hybridized carbons (Fsp3) is 0. The van der Waals surface area contributed by atoms with Crippen LogP contribution < -0.4 is 11.5 Å². The summed E-state index contributed by atoms with van der Waals surface area (Å²) in [6.45, 7) is 0. The van der Waals surface area contributed by atoms with Crippen molar-refractivity contribution in [2.24, 2.45) is 0 Å². The van der Waals surface area contributed by atoms with Gasteiger partial charge in [-0.1, -0.05) is 12.1 Å². The van der Waals surface area contributed by atoms with Crippen LogP contribution in [0.15, 0.2) is 41.3 Å². The molecule has 1 aliphatic rings. The third-order valence-corrected chi connectivity index (χ3v) is 5.86. The first-order valence-corrected chi connectivity index (χ1v) is 10.0. The third-order valence-electron chi connectivity index (χ3n) is 4.99. The number of rotatable bonds is 2. The van der Waals surface area contributed by atoms with E-state index in [1.807, 2.05) is 0 Å². The van der Waals surface area contributed by atoms with Gasteiger partial charge in [-0.25, -0.2) is 0 Å². The molecule has 0 atom stereocenters. The largest absolute Gasteiger partial charge is 0.508 e. The predicted molar refractivity (Wildman–Crippen MR) is 115 cm³/mol. The summed E-state index contributed by atoms with van der Waals surface area (Å²) in [5.41, 5.74) is 9.33. The Morgan fingerprint density at radius 2 is 1.19 bits per heavy atom. The van der Waals surface area contributed by atoms with Crippen LogP contribution in [0.3, 0.4) is 0 Å².